The van der Waals surface area contributed by atoms with Crippen LogP contribution in [0.3, 0.4) is 0 Å². The van der Waals surface area contributed by atoms with Crippen molar-refractivity contribution in [3.63, 3.8) is 0 Å². The molecule has 3 amide bonds. The van der Waals surface area contributed by atoms with Crippen molar-refractivity contribution in [1.82, 2.24) is 9.80 Å². The van der Waals surface area contributed by atoms with Crippen molar-refractivity contribution in [2.45, 2.75) is 62.8 Å². The van der Waals surface area contributed by atoms with Gasteiger partial charge in [0.25, 0.3) is 11.8 Å². The van der Waals surface area contributed by atoms with Gasteiger partial charge >= 0.3 is 0 Å². The molecular weight excluding hydrogens is 807 g/mol. The summed E-state index contributed by atoms with van der Waals surface area (Å²) in [5, 5.41) is 6.47. The highest BCUT2D eigenvalue weighted by molar-refractivity contribution is 7.81. The third-order valence-corrected chi connectivity index (χ3v) is 11.6. The van der Waals surface area contributed by atoms with Crippen LogP contribution >= 0.6 is 12.6 Å². The zero-order chi connectivity index (χ0) is 43.5. The van der Waals surface area contributed by atoms with Crippen LogP contribution in [0.15, 0.2) is 90.2 Å². The van der Waals surface area contributed by atoms with Gasteiger partial charge in [-0.25, -0.2) is 0 Å². The van der Waals surface area contributed by atoms with Crippen molar-refractivity contribution in [2.75, 3.05) is 51.7 Å². The van der Waals surface area contributed by atoms with E-state index < -0.39 is 0 Å². The molecule has 0 unspecified atom stereocenters. The second-order valence-electron chi connectivity index (χ2n) is 16.3. The number of methoxy groups -OCH3 is 3. The molecule has 4 heterocycles. The van der Waals surface area contributed by atoms with E-state index in [4.69, 9.17) is 28.7 Å². The molecule has 2 N–H and O–H groups in total. The van der Waals surface area contributed by atoms with E-state index in [1.165, 1.54) is 0 Å². The standard InChI is InChI=1S/C48H51N5O8S/c1-48(2,62)15-14-45(54)51-33-9-6-8-30(18-33)32-20-35-26-50-40-24-44(42(59-5)22-38(40)47(56)53(35)28-32)61-17-7-16-60-43-23-39-37(21-41(43)58-4)46(55)52-27-31(19-34(52)25-49-39)29-10-12-36(57-3)13-11-29/h6,8-13,18,21-25,27-28,34-35,50,62H,7,14-17,19-20,26H2,1-5H3,(H,51,54)/t34-,35-/m0/s1. The van der Waals surface area contributed by atoms with E-state index in [2.05, 4.69) is 23.3 Å². The molecule has 4 aromatic rings. The number of benzene rings is 4. The summed E-state index contributed by atoms with van der Waals surface area (Å²) in [5.74, 6) is 2.25. The van der Waals surface area contributed by atoms with Gasteiger partial charge in [-0.15, -0.1) is 0 Å². The summed E-state index contributed by atoms with van der Waals surface area (Å²) < 4.78 is 28.8. The molecule has 0 radical (unpaired) electrons. The quantitative estimate of drug-likeness (QED) is 0.0792. The Morgan fingerprint density at radius 2 is 1.48 bits per heavy atom. The van der Waals surface area contributed by atoms with Gasteiger partial charge in [0.2, 0.25) is 5.91 Å². The molecule has 322 valence electrons. The van der Waals surface area contributed by atoms with E-state index in [0.717, 1.165) is 28.0 Å². The highest BCUT2D eigenvalue weighted by atomic mass is 32.1. The SMILES string of the molecule is COc1ccc(C2=CN3C(=O)c4cc(OC)c(OCCCOc5cc6c(cc5OC)C(=O)N5C=C(c7cccc(NC(=O)CCC(C)(C)S)c7)C[C@H]5CN6)cc4N=C[C@@H]3C2)cc1. The average molecular weight is 858 g/mol. The summed E-state index contributed by atoms with van der Waals surface area (Å²) in [5.41, 5.74) is 6.84. The first-order valence-corrected chi connectivity index (χ1v) is 21.2. The van der Waals surface area contributed by atoms with Crippen LogP contribution in [-0.4, -0.2) is 91.7 Å². The summed E-state index contributed by atoms with van der Waals surface area (Å²) in [7, 11) is 4.72. The molecule has 0 spiro atoms. The van der Waals surface area contributed by atoms with Crippen molar-refractivity contribution in [1.29, 1.82) is 0 Å². The molecule has 14 heteroatoms. The maximum Gasteiger partial charge on any atom is 0.260 e. The number of ether oxygens (including phenoxy) is 5. The van der Waals surface area contributed by atoms with E-state index >= 15 is 0 Å². The number of amides is 3. The molecule has 0 saturated carbocycles. The van der Waals surface area contributed by atoms with E-state index in [1.807, 2.05) is 87.1 Å². The first-order valence-electron chi connectivity index (χ1n) is 20.7. The van der Waals surface area contributed by atoms with Crippen molar-refractivity contribution < 1.29 is 38.1 Å². The molecule has 2 atom stereocenters. The Bertz CT molecular complexity index is 2480. The van der Waals surface area contributed by atoms with Gasteiger partial charge in [-0.2, -0.15) is 12.6 Å². The second-order valence-corrected chi connectivity index (χ2v) is 17.5. The lowest BCUT2D eigenvalue weighted by atomic mass is 10.0. The Labute approximate surface area is 367 Å². The van der Waals surface area contributed by atoms with Crippen molar-refractivity contribution >= 4 is 64.8 Å². The molecule has 13 nitrogen and oxygen atoms in total. The van der Waals surface area contributed by atoms with Gasteiger partial charge < -0.3 is 44.1 Å². The van der Waals surface area contributed by atoms with Crippen LogP contribution < -0.4 is 34.3 Å². The first kappa shape index (κ1) is 42.3. The molecule has 62 heavy (non-hydrogen) atoms. The lowest BCUT2D eigenvalue weighted by Crippen LogP contribution is -2.34. The number of nitrogens with zero attached hydrogens (tertiary/aromatic N) is 3. The van der Waals surface area contributed by atoms with Crippen LogP contribution in [0.25, 0.3) is 11.1 Å². The predicted octanol–water partition coefficient (Wildman–Crippen LogP) is 8.64. The number of hydrogen-bond donors (Lipinski definition) is 3. The molecule has 0 aliphatic carbocycles. The molecule has 0 saturated heterocycles. The fourth-order valence-electron chi connectivity index (χ4n) is 8.03. The Kier molecular flexibility index (Phi) is 12.2. The summed E-state index contributed by atoms with van der Waals surface area (Å²) in [4.78, 5) is 48.6. The fourth-order valence-corrected chi connectivity index (χ4v) is 8.14. The summed E-state index contributed by atoms with van der Waals surface area (Å²) >= 11 is 4.53. The van der Waals surface area contributed by atoms with Crippen LogP contribution in [-0.2, 0) is 4.79 Å². The van der Waals surface area contributed by atoms with E-state index in [1.54, 1.807) is 49.3 Å². The third kappa shape index (κ3) is 9.10. The largest absolute Gasteiger partial charge is 0.497 e. The monoisotopic (exact) mass is 857 g/mol. The lowest BCUT2D eigenvalue weighted by Gasteiger charge is -2.20. The highest BCUT2D eigenvalue weighted by Crippen LogP contribution is 2.42. The minimum Gasteiger partial charge on any atom is -0.497 e. The van der Waals surface area contributed by atoms with E-state index in [0.29, 0.717) is 103 Å². The van der Waals surface area contributed by atoms with Gasteiger partial charge in [-0.1, -0.05) is 38.1 Å². The summed E-state index contributed by atoms with van der Waals surface area (Å²) in [6.07, 6.45) is 8.48. The molecular formula is C48H51N5O8S. The molecule has 4 aliphatic rings. The van der Waals surface area contributed by atoms with Crippen LogP contribution in [0, 0.1) is 0 Å². The number of thiol groups is 1. The highest BCUT2D eigenvalue weighted by Gasteiger charge is 2.36. The van der Waals surface area contributed by atoms with Gasteiger partial charge in [0, 0.05) is 67.0 Å². The molecule has 0 aromatic heterocycles. The van der Waals surface area contributed by atoms with Crippen molar-refractivity contribution in [3.8, 4) is 28.7 Å². The zero-order valence-corrected chi connectivity index (χ0v) is 36.4. The predicted molar refractivity (Wildman–Crippen MR) is 244 cm³/mol. The van der Waals surface area contributed by atoms with Crippen LogP contribution in [0.2, 0.25) is 0 Å². The number of anilines is 2. The number of carbonyl (C=O) groups excluding carboxylic acids is 3. The van der Waals surface area contributed by atoms with Gasteiger partial charge in [0.15, 0.2) is 23.0 Å². The number of nitrogens with one attached hydrogen (secondary N) is 2. The topological polar surface area (TPSA) is 140 Å². The molecule has 8 rings (SSSR count). The van der Waals surface area contributed by atoms with Gasteiger partial charge in [-0.3, -0.25) is 19.4 Å². The van der Waals surface area contributed by atoms with Crippen LogP contribution in [0.4, 0.5) is 17.1 Å². The minimum absolute atomic E-state index is 0.0588. The van der Waals surface area contributed by atoms with Crippen molar-refractivity contribution in [2.24, 2.45) is 4.99 Å². The number of aliphatic imine (C=N–C) groups is 1. The lowest BCUT2D eigenvalue weighted by molar-refractivity contribution is -0.116. The number of carbonyl (C=O) groups is 3. The zero-order valence-electron chi connectivity index (χ0n) is 35.5. The maximum absolute atomic E-state index is 14.0. The second kappa shape index (κ2) is 17.9. The molecule has 4 aromatic carbocycles. The van der Waals surface area contributed by atoms with Crippen LogP contribution in [0.5, 0.6) is 28.7 Å². The van der Waals surface area contributed by atoms with Gasteiger partial charge in [-0.05, 0) is 71.5 Å². The average Bonchev–Trinajstić information content (AvgIpc) is 3.85. The molecule has 0 bridgehead atoms. The number of hydrogen-bond acceptors (Lipinski definition) is 11. The Hall–Kier alpha value is -6.41. The minimum atomic E-state index is -0.226. The smallest absolute Gasteiger partial charge is 0.260 e. The van der Waals surface area contributed by atoms with E-state index in [-0.39, 0.29) is 34.6 Å². The van der Waals surface area contributed by atoms with Gasteiger partial charge in [0.1, 0.15) is 5.75 Å². The Balaban J connectivity index is 0.882. The number of rotatable bonds is 15. The summed E-state index contributed by atoms with van der Waals surface area (Å²) in [6.45, 7) is 5.12. The van der Waals surface area contributed by atoms with Crippen molar-refractivity contribution in [3.05, 3.63) is 107 Å². The Morgan fingerprint density at radius 3 is 2.19 bits per heavy atom. The third-order valence-electron chi connectivity index (χ3n) is 11.4. The Morgan fingerprint density at radius 1 is 0.806 bits per heavy atom. The van der Waals surface area contributed by atoms with Gasteiger partial charge in [0.05, 0.1) is 69.1 Å². The maximum atomic E-state index is 14.0. The van der Waals surface area contributed by atoms with E-state index in [9.17, 15) is 14.4 Å². The number of fused-ring (bicyclic) bond motifs is 4. The fraction of sp³-hybridized carbons (Fsp3) is 0.333. The molecule has 0 fully saturated rings. The van der Waals surface area contributed by atoms with Crippen LogP contribution in [0.1, 0.15) is 77.8 Å². The summed E-state index contributed by atoms with van der Waals surface area (Å²) in [6, 6.07) is 22.2. The normalized spacial score (nSPS) is 17.6. The molecule has 4 aliphatic heterocycles. The first-order chi connectivity index (χ1) is 29.9.